The summed E-state index contributed by atoms with van der Waals surface area (Å²) in [5.41, 5.74) is 0.381. The highest BCUT2D eigenvalue weighted by Gasteiger charge is 2.18. The van der Waals surface area contributed by atoms with Crippen LogP contribution in [-0.4, -0.2) is 26.5 Å². The molecule has 3 rings (SSSR count). The molecule has 128 valence electrons. The molecule has 8 nitrogen and oxygen atoms in total. The number of halogens is 1. The topological polar surface area (TPSA) is 121 Å². The van der Waals surface area contributed by atoms with Gasteiger partial charge in [-0.2, -0.15) is 0 Å². The van der Waals surface area contributed by atoms with Crippen LogP contribution in [0.1, 0.15) is 11.7 Å². The van der Waals surface area contributed by atoms with Crippen molar-refractivity contribution in [1.82, 2.24) is 9.97 Å². The van der Waals surface area contributed by atoms with Crippen molar-refractivity contribution >= 4 is 33.9 Å². The minimum absolute atomic E-state index is 0.0389. The van der Waals surface area contributed by atoms with Crippen molar-refractivity contribution in [3.8, 4) is 0 Å². The van der Waals surface area contributed by atoms with Gasteiger partial charge in [-0.15, -0.1) is 0 Å². The van der Waals surface area contributed by atoms with Crippen LogP contribution in [0.2, 0.25) is 5.02 Å². The number of aliphatic hydroxyl groups excluding tert-OH is 1. The Morgan fingerprint density at radius 2 is 2.04 bits per heavy atom. The third-order valence-corrected chi connectivity index (χ3v) is 3.95. The number of hydrogen-bond acceptors (Lipinski definition) is 6. The molecule has 3 N–H and O–H groups in total. The fourth-order valence-corrected chi connectivity index (χ4v) is 2.53. The summed E-state index contributed by atoms with van der Waals surface area (Å²) in [5, 5.41) is 25.0. The molecule has 2 aromatic carbocycles. The van der Waals surface area contributed by atoms with Crippen molar-refractivity contribution in [1.29, 1.82) is 0 Å². The molecule has 0 aliphatic carbocycles. The number of fused-ring (bicyclic) bond motifs is 1. The van der Waals surface area contributed by atoms with Crippen molar-refractivity contribution in [2.45, 2.75) is 6.10 Å². The number of aromatic nitrogens is 2. The van der Waals surface area contributed by atoms with E-state index >= 15 is 0 Å². The number of benzene rings is 2. The molecule has 0 bridgehead atoms. The van der Waals surface area contributed by atoms with Gasteiger partial charge in [0, 0.05) is 17.6 Å². The molecule has 25 heavy (non-hydrogen) atoms. The quantitative estimate of drug-likeness (QED) is 0.475. The molecule has 1 heterocycles. The first kappa shape index (κ1) is 16.9. The molecule has 0 spiro atoms. The lowest BCUT2D eigenvalue weighted by atomic mass is 10.1. The number of nitro groups is 1. The van der Waals surface area contributed by atoms with Gasteiger partial charge >= 0.3 is 0 Å². The van der Waals surface area contributed by atoms with Crippen LogP contribution >= 0.6 is 11.6 Å². The Kier molecular flexibility index (Phi) is 4.64. The average Bonchev–Trinajstić information content (AvgIpc) is 2.59. The van der Waals surface area contributed by atoms with Gasteiger partial charge < -0.3 is 15.4 Å². The van der Waals surface area contributed by atoms with E-state index in [1.807, 2.05) is 0 Å². The van der Waals surface area contributed by atoms with Crippen LogP contribution in [0, 0.1) is 10.1 Å². The van der Waals surface area contributed by atoms with Gasteiger partial charge in [-0.3, -0.25) is 14.9 Å². The van der Waals surface area contributed by atoms with Crippen LogP contribution in [-0.2, 0) is 0 Å². The Morgan fingerprint density at radius 1 is 1.32 bits per heavy atom. The Labute approximate surface area is 146 Å². The number of aromatic amines is 1. The minimum Gasteiger partial charge on any atom is -0.387 e. The second-order valence-corrected chi connectivity index (χ2v) is 5.76. The van der Waals surface area contributed by atoms with E-state index in [1.165, 1.54) is 12.4 Å². The Bertz CT molecular complexity index is 988. The van der Waals surface area contributed by atoms with E-state index in [2.05, 4.69) is 15.3 Å². The Balaban J connectivity index is 1.89. The second-order valence-electron chi connectivity index (χ2n) is 5.32. The first-order valence-electron chi connectivity index (χ1n) is 7.29. The van der Waals surface area contributed by atoms with Crippen LogP contribution in [0.25, 0.3) is 10.9 Å². The summed E-state index contributed by atoms with van der Waals surface area (Å²) in [7, 11) is 0. The van der Waals surface area contributed by atoms with Crippen LogP contribution in [0.3, 0.4) is 0 Å². The van der Waals surface area contributed by atoms with Crippen molar-refractivity contribution in [2.75, 3.05) is 11.9 Å². The molecule has 3 aromatic rings. The maximum Gasteiger partial charge on any atom is 0.293 e. The number of rotatable bonds is 5. The van der Waals surface area contributed by atoms with Crippen molar-refractivity contribution in [2.24, 2.45) is 0 Å². The molecule has 0 saturated heterocycles. The maximum absolute atomic E-state index is 11.8. The number of H-pyrrole nitrogens is 1. The van der Waals surface area contributed by atoms with Crippen LogP contribution in [0.5, 0.6) is 0 Å². The van der Waals surface area contributed by atoms with Gasteiger partial charge in [0.2, 0.25) is 0 Å². The molecule has 1 atom stereocenters. The molecular weight excluding hydrogens is 348 g/mol. The smallest absolute Gasteiger partial charge is 0.293 e. The monoisotopic (exact) mass is 360 g/mol. The summed E-state index contributed by atoms with van der Waals surface area (Å²) in [6.07, 6.45) is 0.336. The number of aliphatic hydroxyl groups is 1. The molecule has 0 saturated carbocycles. The van der Waals surface area contributed by atoms with Gasteiger partial charge in [0.15, 0.2) is 0 Å². The lowest BCUT2D eigenvalue weighted by Gasteiger charge is -2.13. The highest BCUT2D eigenvalue weighted by molar-refractivity contribution is 6.30. The van der Waals surface area contributed by atoms with Gasteiger partial charge in [0.1, 0.15) is 5.69 Å². The predicted molar refractivity (Wildman–Crippen MR) is 93.9 cm³/mol. The fraction of sp³-hybridized carbons (Fsp3) is 0.125. The van der Waals surface area contributed by atoms with Gasteiger partial charge in [-0.1, -0.05) is 23.7 Å². The first-order chi connectivity index (χ1) is 12.0. The molecule has 0 fully saturated rings. The third kappa shape index (κ3) is 3.59. The van der Waals surface area contributed by atoms with Gasteiger partial charge in [0.25, 0.3) is 11.2 Å². The summed E-state index contributed by atoms with van der Waals surface area (Å²) < 4.78 is 0. The highest BCUT2D eigenvalue weighted by atomic mass is 35.5. The molecule has 0 radical (unpaired) electrons. The molecular formula is C16H13ClN4O4. The van der Waals surface area contributed by atoms with Gasteiger partial charge in [-0.25, -0.2) is 4.98 Å². The molecule has 0 amide bonds. The second kappa shape index (κ2) is 6.88. The molecule has 9 heteroatoms. The van der Waals surface area contributed by atoms with E-state index < -0.39 is 16.6 Å². The summed E-state index contributed by atoms with van der Waals surface area (Å²) >= 11 is 5.81. The average molecular weight is 361 g/mol. The van der Waals surface area contributed by atoms with E-state index in [0.717, 1.165) is 6.07 Å². The lowest BCUT2D eigenvalue weighted by molar-refractivity contribution is -0.383. The number of anilines is 1. The fourth-order valence-electron chi connectivity index (χ4n) is 2.41. The maximum atomic E-state index is 11.8. The number of hydrogen-bond donors (Lipinski definition) is 3. The number of nitrogens with one attached hydrogen (secondary N) is 2. The van der Waals surface area contributed by atoms with Crippen molar-refractivity contribution in [3.05, 3.63) is 73.8 Å². The van der Waals surface area contributed by atoms with Crippen molar-refractivity contribution in [3.63, 3.8) is 0 Å². The Morgan fingerprint density at radius 3 is 2.72 bits per heavy atom. The zero-order valence-corrected chi connectivity index (χ0v) is 13.5. The van der Waals surface area contributed by atoms with E-state index in [0.29, 0.717) is 16.1 Å². The summed E-state index contributed by atoms with van der Waals surface area (Å²) in [4.78, 5) is 28.8. The Hall–Kier alpha value is -2.97. The molecule has 0 aliphatic heterocycles. The summed E-state index contributed by atoms with van der Waals surface area (Å²) in [6, 6.07) is 9.22. The summed E-state index contributed by atoms with van der Waals surface area (Å²) in [6.45, 7) is 0.0389. The molecule has 0 unspecified atom stereocenters. The normalized spacial score (nSPS) is 12.1. The largest absolute Gasteiger partial charge is 0.387 e. The highest BCUT2D eigenvalue weighted by Crippen LogP contribution is 2.28. The van der Waals surface area contributed by atoms with Gasteiger partial charge in [0.05, 0.1) is 28.3 Å². The summed E-state index contributed by atoms with van der Waals surface area (Å²) in [5.74, 6) is 0. The van der Waals surface area contributed by atoms with Crippen LogP contribution in [0.4, 0.5) is 11.4 Å². The van der Waals surface area contributed by atoms with Crippen LogP contribution < -0.4 is 10.9 Å². The molecule has 0 aliphatic rings. The van der Waals surface area contributed by atoms with E-state index in [4.69, 9.17) is 11.6 Å². The zero-order chi connectivity index (χ0) is 18.0. The van der Waals surface area contributed by atoms with Gasteiger partial charge in [-0.05, 0) is 23.8 Å². The number of nitrogens with zero attached hydrogens (tertiary/aromatic N) is 2. The first-order valence-corrected chi connectivity index (χ1v) is 7.67. The van der Waals surface area contributed by atoms with E-state index in [1.54, 1.807) is 24.3 Å². The standard InChI is InChI=1S/C16H13ClN4O4/c17-10-3-1-9(2-4-10)15(22)7-18-13-6-12-11(5-14(13)21(24)25)16(23)20-8-19-12/h1-6,8,15,18,22H,7H2,(H,19,20,23)/t15-/m0/s1. The third-order valence-electron chi connectivity index (χ3n) is 3.70. The minimum atomic E-state index is -0.889. The van der Waals surface area contributed by atoms with E-state index in [-0.39, 0.29) is 23.3 Å². The lowest BCUT2D eigenvalue weighted by Crippen LogP contribution is -2.14. The van der Waals surface area contributed by atoms with Crippen molar-refractivity contribution < 1.29 is 10.0 Å². The predicted octanol–water partition coefficient (Wildman–Crippen LogP) is 2.63. The van der Waals surface area contributed by atoms with Crippen LogP contribution in [0.15, 0.2) is 47.5 Å². The number of nitro benzene ring substituents is 1. The molecule has 1 aromatic heterocycles. The zero-order valence-electron chi connectivity index (χ0n) is 12.8. The SMILES string of the molecule is O=c1[nH]cnc2cc(NC[C@H](O)c3ccc(Cl)cc3)c([N+](=O)[O-])cc12. The van der Waals surface area contributed by atoms with E-state index in [9.17, 15) is 20.0 Å².